The summed E-state index contributed by atoms with van der Waals surface area (Å²) in [5, 5.41) is 7.98. The van der Waals surface area contributed by atoms with Gasteiger partial charge in [-0.25, -0.2) is 0 Å². The van der Waals surface area contributed by atoms with E-state index in [4.69, 9.17) is 15.2 Å². The predicted molar refractivity (Wildman–Crippen MR) is 100 cm³/mol. The zero-order chi connectivity index (χ0) is 20.3. The molecule has 0 aromatic heterocycles. The zero-order valence-corrected chi connectivity index (χ0v) is 15.8. The number of fused-ring (bicyclic) bond motifs is 1. The van der Waals surface area contributed by atoms with Gasteiger partial charge < -0.3 is 30.7 Å². The Balaban J connectivity index is 1.66. The summed E-state index contributed by atoms with van der Waals surface area (Å²) < 4.78 is 10.8. The third-order valence-electron chi connectivity index (χ3n) is 4.91. The highest BCUT2D eigenvalue weighted by molar-refractivity contribution is 5.99. The molecule has 3 rings (SSSR count). The highest BCUT2D eigenvalue weighted by atomic mass is 16.5. The highest BCUT2D eigenvalue weighted by Crippen LogP contribution is 2.30. The molecule has 2 heterocycles. The van der Waals surface area contributed by atoms with Crippen LogP contribution >= 0.6 is 0 Å². The van der Waals surface area contributed by atoms with Crippen molar-refractivity contribution in [2.75, 3.05) is 26.1 Å². The van der Waals surface area contributed by atoms with Gasteiger partial charge in [-0.2, -0.15) is 0 Å². The van der Waals surface area contributed by atoms with E-state index >= 15 is 0 Å². The van der Waals surface area contributed by atoms with Crippen molar-refractivity contribution in [2.24, 2.45) is 5.73 Å². The molecule has 0 radical (unpaired) electrons. The lowest BCUT2D eigenvalue weighted by Crippen LogP contribution is -2.63. The van der Waals surface area contributed by atoms with Crippen molar-refractivity contribution >= 4 is 23.4 Å². The fourth-order valence-corrected chi connectivity index (χ4v) is 3.35. The van der Waals surface area contributed by atoms with E-state index in [0.717, 1.165) is 0 Å². The van der Waals surface area contributed by atoms with Crippen LogP contribution in [0.1, 0.15) is 12.8 Å². The molecule has 152 valence electrons. The van der Waals surface area contributed by atoms with Crippen LogP contribution in [0.15, 0.2) is 24.3 Å². The molecule has 4 unspecified atom stereocenters. The van der Waals surface area contributed by atoms with Crippen LogP contribution in [-0.4, -0.2) is 67.9 Å². The molecule has 28 heavy (non-hydrogen) atoms. The molecule has 2 aliphatic heterocycles. The number of hydrogen-bond acceptors (Lipinski definition) is 7. The molecule has 4 atom stereocenters. The summed E-state index contributed by atoms with van der Waals surface area (Å²) in [5.41, 5.74) is 6.21. The molecule has 3 amide bonds. The van der Waals surface area contributed by atoms with Gasteiger partial charge in [-0.15, -0.1) is 0 Å². The maximum Gasteiger partial charge on any atom is 0.252 e. The predicted octanol–water partition coefficient (Wildman–Crippen LogP) is -1.03. The van der Waals surface area contributed by atoms with Gasteiger partial charge >= 0.3 is 0 Å². The quantitative estimate of drug-likeness (QED) is 0.456. The number of carbonyl (C=O) groups excluding carboxylic acids is 3. The molecule has 0 saturated carbocycles. The first-order valence-electron chi connectivity index (χ1n) is 9.06. The minimum absolute atomic E-state index is 0.0506. The SMILES string of the molecule is CNC(N)C(=O)NC1COC2CCC(C(=O)Nc3ccc(OC)cc3)N2C1=O. The van der Waals surface area contributed by atoms with Gasteiger partial charge in [0.1, 0.15) is 30.2 Å². The Labute approximate surface area is 162 Å². The molecule has 0 bridgehead atoms. The van der Waals surface area contributed by atoms with E-state index in [2.05, 4.69) is 16.0 Å². The maximum atomic E-state index is 12.9. The smallest absolute Gasteiger partial charge is 0.252 e. The van der Waals surface area contributed by atoms with Crippen LogP contribution < -0.4 is 26.4 Å². The second-order valence-electron chi connectivity index (χ2n) is 6.67. The monoisotopic (exact) mass is 391 g/mol. The summed E-state index contributed by atoms with van der Waals surface area (Å²) in [4.78, 5) is 39.0. The second kappa shape index (κ2) is 8.55. The standard InChI is InChI=1S/C18H25N5O5/c1-20-15(19)17(25)22-12-9-28-14-8-7-13(23(14)18(12)26)16(24)21-10-3-5-11(27-2)6-4-10/h3-6,12-15,20H,7-9,19H2,1-2H3,(H,21,24)(H,22,25). The molecule has 2 fully saturated rings. The summed E-state index contributed by atoms with van der Waals surface area (Å²) in [6.45, 7) is 0.0506. The third kappa shape index (κ3) is 4.08. The Morgan fingerprint density at radius 3 is 2.64 bits per heavy atom. The number of nitrogens with zero attached hydrogens (tertiary/aromatic N) is 1. The molecule has 10 nitrogen and oxygen atoms in total. The molecular weight excluding hydrogens is 366 g/mol. The van der Waals surface area contributed by atoms with Crippen molar-refractivity contribution < 1.29 is 23.9 Å². The van der Waals surface area contributed by atoms with Crippen LogP contribution in [0.2, 0.25) is 0 Å². The van der Waals surface area contributed by atoms with Gasteiger partial charge in [0.2, 0.25) is 11.8 Å². The molecule has 1 aromatic rings. The Morgan fingerprint density at radius 2 is 2.00 bits per heavy atom. The summed E-state index contributed by atoms with van der Waals surface area (Å²) in [6, 6.07) is 5.37. The van der Waals surface area contributed by atoms with Crippen LogP contribution in [0.3, 0.4) is 0 Å². The second-order valence-corrected chi connectivity index (χ2v) is 6.67. The fourth-order valence-electron chi connectivity index (χ4n) is 3.35. The molecular formula is C18H25N5O5. The van der Waals surface area contributed by atoms with E-state index in [1.165, 1.54) is 4.90 Å². The largest absolute Gasteiger partial charge is 0.497 e. The van der Waals surface area contributed by atoms with Gasteiger partial charge in [-0.3, -0.25) is 19.7 Å². The van der Waals surface area contributed by atoms with Crippen LogP contribution in [0.5, 0.6) is 5.75 Å². The number of benzene rings is 1. The van der Waals surface area contributed by atoms with E-state index in [1.807, 2.05) is 0 Å². The van der Waals surface area contributed by atoms with Crippen molar-refractivity contribution in [3.05, 3.63) is 24.3 Å². The van der Waals surface area contributed by atoms with Crippen molar-refractivity contribution in [3.8, 4) is 5.75 Å². The Bertz CT molecular complexity index is 740. The topological polar surface area (TPSA) is 135 Å². The normalized spacial score (nSPS) is 25.0. The van der Waals surface area contributed by atoms with Crippen molar-refractivity contribution in [1.29, 1.82) is 0 Å². The zero-order valence-electron chi connectivity index (χ0n) is 15.8. The fraction of sp³-hybridized carbons (Fsp3) is 0.500. The van der Waals surface area contributed by atoms with Crippen molar-refractivity contribution in [3.63, 3.8) is 0 Å². The number of rotatable bonds is 6. The number of nitrogens with one attached hydrogen (secondary N) is 3. The van der Waals surface area contributed by atoms with E-state index in [9.17, 15) is 14.4 Å². The van der Waals surface area contributed by atoms with Crippen molar-refractivity contribution in [2.45, 2.75) is 37.3 Å². The lowest BCUT2D eigenvalue weighted by molar-refractivity contribution is -0.166. The van der Waals surface area contributed by atoms with E-state index in [-0.39, 0.29) is 18.4 Å². The lowest BCUT2D eigenvalue weighted by atomic mass is 10.1. The molecule has 2 aliphatic rings. The van der Waals surface area contributed by atoms with Crippen LogP contribution in [-0.2, 0) is 19.1 Å². The third-order valence-corrected chi connectivity index (χ3v) is 4.91. The maximum absolute atomic E-state index is 12.9. The number of carbonyl (C=O) groups is 3. The number of nitrogens with two attached hydrogens (primary N) is 1. The number of likely N-dealkylation sites (N-methyl/N-ethyl adjacent to an activating group) is 1. The van der Waals surface area contributed by atoms with Gasteiger partial charge in [-0.05, 0) is 44.2 Å². The number of ether oxygens (including phenoxy) is 2. The summed E-state index contributed by atoms with van der Waals surface area (Å²) in [6.07, 6.45) is -0.360. The first-order valence-corrected chi connectivity index (χ1v) is 9.06. The van der Waals surface area contributed by atoms with Crippen LogP contribution in [0.25, 0.3) is 0 Å². The number of methoxy groups -OCH3 is 1. The molecule has 5 N–H and O–H groups in total. The van der Waals surface area contributed by atoms with Crippen molar-refractivity contribution in [1.82, 2.24) is 15.5 Å². The molecule has 10 heteroatoms. The lowest BCUT2D eigenvalue weighted by Gasteiger charge is -2.37. The summed E-state index contributed by atoms with van der Waals surface area (Å²) >= 11 is 0. The Kier molecular flexibility index (Phi) is 6.12. The van der Waals surface area contributed by atoms with Gasteiger partial charge in [0.25, 0.3) is 5.91 Å². The number of anilines is 1. The average Bonchev–Trinajstić information content (AvgIpc) is 3.15. The summed E-state index contributed by atoms with van der Waals surface area (Å²) in [5.74, 6) is -0.484. The van der Waals surface area contributed by atoms with Gasteiger partial charge in [0.15, 0.2) is 0 Å². The minimum atomic E-state index is -0.932. The van der Waals surface area contributed by atoms with Gasteiger partial charge in [-0.1, -0.05) is 0 Å². The summed E-state index contributed by atoms with van der Waals surface area (Å²) in [7, 11) is 3.10. The molecule has 0 spiro atoms. The van der Waals surface area contributed by atoms with Crippen LogP contribution in [0.4, 0.5) is 5.69 Å². The van der Waals surface area contributed by atoms with E-state index in [1.54, 1.807) is 38.4 Å². The van der Waals surface area contributed by atoms with Gasteiger partial charge in [0.05, 0.1) is 13.7 Å². The van der Waals surface area contributed by atoms with Gasteiger partial charge in [0, 0.05) is 5.69 Å². The molecule has 0 aliphatic carbocycles. The first kappa shape index (κ1) is 20.1. The van der Waals surface area contributed by atoms with E-state index < -0.39 is 30.4 Å². The van der Waals surface area contributed by atoms with Crippen LogP contribution in [0, 0.1) is 0 Å². The Hall–Kier alpha value is -2.69. The average molecular weight is 391 g/mol. The first-order chi connectivity index (χ1) is 13.4. The van der Waals surface area contributed by atoms with E-state index in [0.29, 0.717) is 24.3 Å². The Morgan fingerprint density at radius 1 is 1.29 bits per heavy atom. The molecule has 1 aromatic carbocycles. The number of hydrogen-bond donors (Lipinski definition) is 4. The number of amides is 3. The minimum Gasteiger partial charge on any atom is -0.497 e. The molecule has 2 saturated heterocycles. The highest BCUT2D eigenvalue weighted by Gasteiger charge is 2.47.